The first-order valence-electron chi connectivity index (χ1n) is 9.97. The first-order valence-corrected chi connectivity index (χ1v) is 9.97. The number of nitrogens with zero attached hydrogens (tertiary/aromatic N) is 1. The predicted octanol–water partition coefficient (Wildman–Crippen LogP) is 4.00. The molecule has 1 aliphatic rings. The molecule has 0 bridgehead atoms. The fraction of sp³-hybridized carbons (Fsp3) is 0.417. The lowest BCUT2D eigenvalue weighted by Gasteiger charge is -2.27. The number of amides is 2. The molecule has 28 heavy (non-hydrogen) atoms. The molecule has 3 rings (SSSR count). The van der Waals surface area contributed by atoms with Gasteiger partial charge in [-0.3, -0.25) is 9.59 Å². The van der Waals surface area contributed by atoms with Crippen LogP contribution in [-0.2, 0) is 15.0 Å². The molecule has 1 aliphatic heterocycles. The molecule has 0 saturated carbocycles. The zero-order chi connectivity index (χ0) is 20.3. The Morgan fingerprint density at radius 3 is 2.43 bits per heavy atom. The topological polar surface area (TPSA) is 49.4 Å². The summed E-state index contributed by atoms with van der Waals surface area (Å²) in [4.78, 5) is 27.1. The Morgan fingerprint density at radius 1 is 1.14 bits per heavy atom. The molecule has 2 aromatic carbocycles. The van der Waals surface area contributed by atoms with Crippen LogP contribution in [0.15, 0.2) is 54.6 Å². The number of carbonyl (C=O) groups is 2. The van der Waals surface area contributed by atoms with E-state index < -0.39 is 0 Å². The third-order valence-corrected chi connectivity index (χ3v) is 5.82. The minimum atomic E-state index is -0.285. The zero-order valence-electron chi connectivity index (χ0n) is 17.2. The highest BCUT2D eigenvalue weighted by atomic mass is 16.2. The number of aryl methyl sites for hydroxylation is 1. The van der Waals surface area contributed by atoms with Gasteiger partial charge in [0.25, 0.3) is 0 Å². The molecular formula is C24H30N2O2. The maximum Gasteiger partial charge on any atom is 0.225 e. The normalized spacial score (nSPS) is 18.2. The van der Waals surface area contributed by atoms with Crippen molar-refractivity contribution >= 4 is 11.8 Å². The molecule has 2 amide bonds. The van der Waals surface area contributed by atoms with Gasteiger partial charge in [-0.05, 0) is 25.0 Å². The van der Waals surface area contributed by atoms with Crippen molar-refractivity contribution in [3.63, 3.8) is 0 Å². The summed E-state index contributed by atoms with van der Waals surface area (Å²) in [5.74, 6) is -0.266. The Balaban J connectivity index is 1.59. The molecular weight excluding hydrogens is 348 g/mol. The van der Waals surface area contributed by atoms with Gasteiger partial charge in [-0.15, -0.1) is 0 Å². The highest BCUT2D eigenvalue weighted by Crippen LogP contribution is 2.29. The van der Waals surface area contributed by atoms with Crippen LogP contribution < -0.4 is 5.32 Å². The largest absolute Gasteiger partial charge is 0.355 e. The molecule has 1 heterocycles. The first kappa shape index (κ1) is 20.1. The average Bonchev–Trinajstić information content (AvgIpc) is 3.08. The van der Waals surface area contributed by atoms with E-state index in [1.165, 1.54) is 11.1 Å². The lowest BCUT2D eigenvalue weighted by atomic mass is 9.84. The van der Waals surface area contributed by atoms with Gasteiger partial charge in [-0.25, -0.2) is 0 Å². The molecule has 1 fully saturated rings. The molecule has 2 aromatic rings. The van der Waals surface area contributed by atoms with E-state index in [1.807, 2.05) is 42.2 Å². The van der Waals surface area contributed by atoms with E-state index in [2.05, 4.69) is 50.4 Å². The molecule has 0 aromatic heterocycles. The smallest absolute Gasteiger partial charge is 0.225 e. The summed E-state index contributed by atoms with van der Waals surface area (Å²) in [5, 5.41) is 3.08. The van der Waals surface area contributed by atoms with Crippen LogP contribution in [0, 0.1) is 12.8 Å². The number of hydrogen-bond donors (Lipinski definition) is 1. The second-order valence-electron chi connectivity index (χ2n) is 8.50. The van der Waals surface area contributed by atoms with Crippen molar-refractivity contribution in [3.05, 3.63) is 71.3 Å². The Morgan fingerprint density at radius 2 is 1.79 bits per heavy atom. The molecule has 2 unspecified atom stereocenters. The lowest BCUT2D eigenvalue weighted by Crippen LogP contribution is -2.40. The number of carbonyl (C=O) groups excluding carboxylic acids is 2. The van der Waals surface area contributed by atoms with Crippen molar-refractivity contribution in [2.45, 2.75) is 45.6 Å². The monoisotopic (exact) mass is 378 g/mol. The first-order chi connectivity index (χ1) is 13.3. The van der Waals surface area contributed by atoms with Crippen LogP contribution in [0.4, 0.5) is 0 Å². The summed E-state index contributed by atoms with van der Waals surface area (Å²) in [7, 11) is 0. The van der Waals surface area contributed by atoms with E-state index in [0.717, 1.165) is 5.56 Å². The van der Waals surface area contributed by atoms with Gasteiger partial charge in [0.1, 0.15) is 0 Å². The van der Waals surface area contributed by atoms with Crippen molar-refractivity contribution in [2.75, 3.05) is 13.1 Å². The molecule has 4 heteroatoms. The second kappa shape index (κ2) is 8.17. The number of benzene rings is 2. The molecule has 0 spiro atoms. The summed E-state index contributed by atoms with van der Waals surface area (Å²) in [6, 6.07) is 18.4. The van der Waals surface area contributed by atoms with E-state index in [1.54, 1.807) is 0 Å². The Kier molecular flexibility index (Phi) is 5.87. The molecule has 1 N–H and O–H groups in total. The van der Waals surface area contributed by atoms with Crippen molar-refractivity contribution in [1.29, 1.82) is 0 Å². The number of hydrogen-bond acceptors (Lipinski definition) is 2. The number of nitrogens with one attached hydrogen (secondary N) is 1. The summed E-state index contributed by atoms with van der Waals surface area (Å²) in [5.41, 5.74) is 3.35. The third kappa shape index (κ3) is 4.44. The van der Waals surface area contributed by atoms with Gasteiger partial charge < -0.3 is 10.2 Å². The molecule has 1 saturated heterocycles. The molecule has 4 nitrogen and oxygen atoms in total. The standard InChI is InChI=1S/C24H30N2O2/c1-17-10-12-21(13-11-17)24(3,4)16-25-23(28)20-14-22(27)26(15-20)18(2)19-8-6-5-7-9-19/h5-13,18,20H,14-16H2,1-4H3,(H,25,28). The van der Waals surface area contributed by atoms with Crippen LogP contribution >= 0.6 is 0 Å². The SMILES string of the molecule is Cc1ccc(C(C)(C)CNC(=O)C2CC(=O)N(C(C)c3ccccc3)C2)cc1. The fourth-order valence-corrected chi connectivity index (χ4v) is 3.75. The summed E-state index contributed by atoms with van der Waals surface area (Å²) >= 11 is 0. The minimum absolute atomic E-state index is 0.0181. The second-order valence-corrected chi connectivity index (χ2v) is 8.50. The maximum atomic E-state index is 12.7. The molecule has 0 aliphatic carbocycles. The van der Waals surface area contributed by atoms with Crippen molar-refractivity contribution in [1.82, 2.24) is 10.2 Å². The highest BCUT2D eigenvalue weighted by molar-refractivity contribution is 5.89. The van der Waals surface area contributed by atoms with Crippen LogP contribution in [-0.4, -0.2) is 29.8 Å². The predicted molar refractivity (Wildman–Crippen MR) is 112 cm³/mol. The molecule has 2 atom stereocenters. The Hall–Kier alpha value is -2.62. The Labute approximate surface area is 167 Å². The van der Waals surface area contributed by atoms with Crippen molar-refractivity contribution < 1.29 is 9.59 Å². The zero-order valence-corrected chi connectivity index (χ0v) is 17.2. The van der Waals surface area contributed by atoms with E-state index in [9.17, 15) is 9.59 Å². The highest BCUT2D eigenvalue weighted by Gasteiger charge is 2.37. The van der Waals surface area contributed by atoms with Gasteiger partial charge in [-0.2, -0.15) is 0 Å². The maximum absolute atomic E-state index is 12.7. The average molecular weight is 379 g/mol. The fourth-order valence-electron chi connectivity index (χ4n) is 3.75. The van der Waals surface area contributed by atoms with E-state index >= 15 is 0 Å². The minimum Gasteiger partial charge on any atom is -0.355 e. The summed E-state index contributed by atoms with van der Waals surface area (Å²) in [6.45, 7) is 9.37. The van der Waals surface area contributed by atoms with Crippen LogP contribution in [0.2, 0.25) is 0 Å². The van der Waals surface area contributed by atoms with Gasteiger partial charge in [0, 0.05) is 24.9 Å². The summed E-state index contributed by atoms with van der Waals surface area (Å²) in [6.07, 6.45) is 0.286. The van der Waals surface area contributed by atoms with Crippen molar-refractivity contribution in [2.24, 2.45) is 5.92 Å². The lowest BCUT2D eigenvalue weighted by molar-refractivity contribution is -0.130. The van der Waals surface area contributed by atoms with Crippen LogP contribution in [0.25, 0.3) is 0 Å². The van der Waals surface area contributed by atoms with Gasteiger partial charge in [0.05, 0.1) is 12.0 Å². The van der Waals surface area contributed by atoms with Gasteiger partial charge in [-0.1, -0.05) is 74.0 Å². The summed E-state index contributed by atoms with van der Waals surface area (Å²) < 4.78 is 0. The quantitative estimate of drug-likeness (QED) is 0.826. The van der Waals surface area contributed by atoms with Gasteiger partial charge >= 0.3 is 0 Å². The number of likely N-dealkylation sites (tertiary alicyclic amines) is 1. The number of rotatable bonds is 6. The van der Waals surface area contributed by atoms with E-state index in [0.29, 0.717) is 13.1 Å². The van der Waals surface area contributed by atoms with Crippen LogP contribution in [0.3, 0.4) is 0 Å². The third-order valence-electron chi connectivity index (χ3n) is 5.82. The van der Waals surface area contributed by atoms with Crippen LogP contribution in [0.5, 0.6) is 0 Å². The Bertz CT molecular complexity index is 827. The van der Waals surface area contributed by atoms with E-state index in [-0.39, 0.29) is 35.6 Å². The van der Waals surface area contributed by atoms with Crippen molar-refractivity contribution in [3.8, 4) is 0 Å². The van der Waals surface area contributed by atoms with Gasteiger partial charge in [0.2, 0.25) is 11.8 Å². The molecule has 0 radical (unpaired) electrons. The van der Waals surface area contributed by atoms with Crippen LogP contribution in [0.1, 0.15) is 49.9 Å². The van der Waals surface area contributed by atoms with E-state index in [4.69, 9.17) is 0 Å². The molecule has 148 valence electrons. The van der Waals surface area contributed by atoms with Gasteiger partial charge in [0.15, 0.2) is 0 Å².